The van der Waals surface area contributed by atoms with Crippen molar-refractivity contribution in [2.45, 2.75) is 36.6 Å². The molecule has 1 saturated heterocycles. The summed E-state index contributed by atoms with van der Waals surface area (Å²) < 4.78 is 67.3. The van der Waals surface area contributed by atoms with E-state index in [2.05, 4.69) is 19.7 Å². The van der Waals surface area contributed by atoms with E-state index in [0.717, 1.165) is 55.8 Å². The summed E-state index contributed by atoms with van der Waals surface area (Å²) in [6.45, 7) is 2.19. The van der Waals surface area contributed by atoms with Crippen molar-refractivity contribution in [3.63, 3.8) is 0 Å². The molecule has 11 heteroatoms. The number of likely N-dealkylation sites (tertiary alicyclic amines) is 1. The molecule has 33 heavy (non-hydrogen) atoms. The van der Waals surface area contributed by atoms with E-state index in [1.807, 2.05) is 30.3 Å². The third kappa shape index (κ3) is 7.72. The van der Waals surface area contributed by atoms with E-state index >= 15 is 0 Å². The van der Waals surface area contributed by atoms with Gasteiger partial charge in [0, 0.05) is 19.5 Å². The number of hydrogen-bond donors (Lipinski definition) is 2. The Bertz CT molecular complexity index is 1010. The Kier molecular flexibility index (Phi) is 8.33. The second-order valence-electron chi connectivity index (χ2n) is 7.64. The molecule has 0 saturated carbocycles. The smallest absolute Gasteiger partial charge is 0.406 e. The van der Waals surface area contributed by atoms with Gasteiger partial charge in [0.1, 0.15) is 5.75 Å². The molecule has 1 atom stereocenters. The zero-order valence-corrected chi connectivity index (χ0v) is 18.7. The van der Waals surface area contributed by atoms with Crippen LogP contribution in [0.4, 0.5) is 13.2 Å². The van der Waals surface area contributed by atoms with E-state index in [1.165, 1.54) is 0 Å². The van der Waals surface area contributed by atoms with Gasteiger partial charge in [-0.1, -0.05) is 30.3 Å². The molecule has 0 spiro atoms. The minimum atomic E-state index is -4.86. The second kappa shape index (κ2) is 11.0. The number of benzene rings is 2. The van der Waals surface area contributed by atoms with Gasteiger partial charge in [0.25, 0.3) is 0 Å². The van der Waals surface area contributed by atoms with E-state index in [-0.39, 0.29) is 29.8 Å². The van der Waals surface area contributed by atoms with Crippen molar-refractivity contribution in [2.75, 3.05) is 26.2 Å². The number of nitrogens with zero attached hydrogens (tertiary/aromatic N) is 1. The molecule has 1 amide bonds. The standard InChI is InChI=1S/C22H26F3N3O4S/c23-22(24,25)32-18-8-10-19(11-9-18)33(30,31)27-13-12-21(29)26-16-20(28-14-4-5-15-28)17-6-2-1-3-7-17/h1-3,6-11,20,27H,4-5,12-16H2,(H,26,29). The summed E-state index contributed by atoms with van der Waals surface area (Å²) in [5.41, 5.74) is 1.11. The molecule has 2 N–H and O–H groups in total. The molecule has 1 aliphatic heterocycles. The van der Waals surface area contributed by atoms with Crippen LogP contribution in [0, 0.1) is 0 Å². The fourth-order valence-corrected chi connectivity index (χ4v) is 4.72. The van der Waals surface area contributed by atoms with E-state index < -0.39 is 22.1 Å². The molecular weight excluding hydrogens is 459 g/mol. The topological polar surface area (TPSA) is 87.7 Å². The summed E-state index contributed by atoms with van der Waals surface area (Å²) >= 11 is 0. The number of halogens is 3. The minimum Gasteiger partial charge on any atom is -0.406 e. The van der Waals surface area contributed by atoms with Crippen molar-refractivity contribution in [1.82, 2.24) is 14.9 Å². The minimum absolute atomic E-state index is 0.0479. The lowest BCUT2D eigenvalue weighted by atomic mass is 10.1. The van der Waals surface area contributed by atoms with Crippen LogP contribution in [0.25, 0.3) is 0 Å². The fourth-order valence-electron chi connectivity index (χ4n) is 3.69. The van der Waals surface area contributed by atoms with Gasteiger partial charge in [-0.3, -0.25) is 9.69 Å². The van der Waals surface area contributed by atoms with E-state index in [9.17, 15) is 26.4 Å². The third-order valence-electron chi connectivity index (χ3n) is 5.27. The molecule has 1 aliphatic rings. The highest BCUT2D eigenvalue weighted by atomic mass is 32.2. The lowest BCUT2D eigenvalue weighted by molar-refractivity contribution is -0.274. The summed E-state index contributed by atoms with van der Waals surface area (Å²) in [7, 11) is -3.98. The van der Waals surface area contributed by atoms with Crippen LogP contribution >= 0.6 is 0 Å². The van der Waals surface area contributed by atoms with Gasteiger partial charge >= 0.3 is 6.36 Å². The Hall–Kier alpha value is -2.63. The number of carbonyl (C=O) groups excluding carboxylic acids is 1. The van der Waals surface area contributed by atoms with E-state index in [0.29, 0.717) is 6.54 Å². The molecule has 180 valence electrons. The van der Waals surface area contributed by atoms with Crippen molar-refractivity contribution in [3.8, 4) is 5.75 Å². The first-order valence-electron chi connectivity index (χ1n) is 10.6. The highest BCUT2D eigenvalue weighted by Gasteiger charge is 2.31. The van der Waals surface area contributed by atoms with E-state index in [4.69, 9.17) is 0 Å². The summed E-state index contributed by atoms with van der Waals surface area (Å²) in [5.74, 6) is -0.821. The fraction of sp³-hybridized carbons (Fsp3) is 0.409. The number of carbonyl (C=O) groups is 1. The highest BCUT2D eigenvalue weighted by Crippen LogP contribution is 2.25. The van der Waals surface area contributed by atoms with Crippen LogP contribution in [0.3, 0.4) is 0 Å². The monoisotopic (exact) mass is 485 g/mol. The van der Waals surface area contributed by atoms with Crippen molar-refractivity contribution < 1.29 is 31.1 Å². The number of amides is 1. The van der Waals surface area contributed by atoms with Gasteiger partial charge in [-0.2, -0.15) is 0 Å². The zero-order valence-electron chi connectivity index (χ0n) is 17.8. The summed E-state index contributed by atoms with van der Waals surface area (Å²) in [4.78, 5) is 14.4. The number of alkyl halides is 3. The van der Waals surface area contributed by atoms with Gasteiger partial charge in [0.05, 0.1) is 10.9 Å². The highest BCUT2D eigenvalue weighted by molar-refractivity contribution is 7.89. The quantitative estimate of drug-likeness (QED) is 0.540. The molecule has 7 nitrogen and oxygen atoms in total. The van der Waals surface area contributed by atoms with Crippen LogP contribution in [0.1, 0.15) is 30.9 Å². The average molecular weight is 486 g/mol. The van der Waals surface area contributed by atoms with Crippen LogP contribution < -0.4 is 14.8 Å². The molecule has 3 rings (SSSR count). The molecule has 0 bridgehead atoms. The van der Waals surface area contributed by atoms with E-state index in [1.54, 1.807) is 0 Å². The summed E-state index contributed by atoms with van der Waals surface area (Å²) in [5, 5.41) is 2.87. The SMILES string of the molecule is O=C(CCNS(=O)(=O)c1ccc(OC(F)(F)F)cc1)NCC(c1ccccc1)N1CCCC1. The number of nitrogens with one attached hydrogen (secondary N) is 2. The molecule has 1 fully saturated rings. The number of rotatable bonds is 10. The zero-order chi connectivity index (χ0) is 23.9. The Balaban J connectivity index is 1.49. The first-order valence-corrected chi connectivity index (χ1v) is 12.0. The molecule has 0 radical (unpaired) electrons. The van der Waals surface area contributed by atoms with Crippen molar-refractivity contribution in [2.24, 2.45) is 0 Å². The van der Waals surface area contributed by atoms with Crippen molar-refractivity contribution in [1.29, 1.82) is 0 Å². The van der Waals surface area contributed by atoms with Gasteiger partial charge < -0.3 is 10.1 Å². The number of sulfonamides is 1. The molecule has 1 heterocycles. The maximum Gasteiger partial charge on any atom is 0.573 e. The molecule has 2 aromatic carbocycles. The first kappa shape index (κ1) is 25.0. The molecule has 2 aromatic rings. The van der Waals surface area contributed by atoms with Gasteiger partial charge in [-0.25, -0.2) is 13.1 Å². The van der Waals surface area contributed by atoms with Crippen molar-refractivity contribution >= 4 is 15.9 Å². The van der Waals surface area contributed by atoms with Crippen LogP contribution in [-0.4, -0.2) is 51.8 Å². The Morgan fingerprint density at radius 2 is 1.67 bits per heavy atom. The largest absolute Gasteiger partial charge is 0.573 e. The lowest BCUT2D eigenvalue weighted by Crippen LogP contribution is -2.38. The molecular formula is C22H26F3N3O4S. The van der Waals surface area contributed by atoms with Crippen LogP contribution in [0.15, 0.2) is 59.5 Å². The molecule has 0 aromatic heterocycles. The number of hydrogen-bond acceptors (Lipinski definition) is 5. The van der Waals surface area contributed by atoms with Crippen LogP contribution in [0.5, 0.6) is 5.75 Å². The summed E-state index contributed by atoms with van der Waals surface area (Å²) in [6, 6.07) is 13.8. The molecule has 1 unspecified atom stereocenters. The maximum atomic E-state index is 12.3. The normalized spacial score (nSPS) is 15.8. The predicted octanol–water partition coefficient (Wildman–Crippen LogP) is 3.21. The van der Waals surface area contributed by atoms with Gasteiger partial charge in [-0.05, 0) is 55.8 Å². The van der Waals surface area contributed by atoms with Gasteiger partial charge in [0.2, 0.25) is 15.9 Å². The van der Waals surface area contributed by atoms with Crippen molar-refractivity contribution in [3.05, 3.63) is 60.2 Å². The Labute approximate surface area is 191 Å². The maximum absolute atomic E-state index is 12.3. The van der Waals surface area contributed by atoms with Crippen LogP contribution in [0.2, 0.25) is 0 Å². The Morgan fingerprint density at radius 3 is 2.27 bits per heavy atom. The number of ether oxygens (including phenoxy) is 1. The van der Waals surface area contributed by atoms with Gasteiger partial charge in [-0.15, -0.1) is 13.2 Å². The predicted molar refractivity (Wildman–Crippen MR) is 116 cm³/mol. The summed E-state index contributed by atoms with van der Waals surface area (Å²) in [6.07, 6.45) is -2.71. The second-order valence-corrected chi connectivity index (χ2v) is 9.41. The molecule has 0 aliphatic carbocycles. The Morgan fingerprint density at radius 1 is 1.03 bits per heavy atom. The lowest BCUT2D eigenvalue weighted by Gasteiger charge is -2.28. The van der Waals surface area contributed by atoms with Gasteiger partial charge in [0.15, 0.2) is 0 Å². The van der Waals surface area contributed by atoms with Crippen LogP contribution in [-0.2, 0) is 14.8 Å². The average Bonchev–Trinajstić information content (AvgIpc) is 3.28. The first-order chi connectivity index (χ1) is 15.6. The third-order valence-corrected chi connectivity index (χ3v) is 6.75.